The van der Waals surface area contributed by atoms with Crippen LogP contribution in [-0.2, 0) is 11.6 Å². The Morgan fingerprint density at radius 2 is 1.68 bits per heavy atom. The minimum absolute atomic E-state index is 0.148. The first-order valence-corrected chi connectivity index (χ1v) is 10.1. The van der Waals surface area contributed by atoms with E-state index in [2.05, 4.69) is 31.8 Å². The fourth-order valence-corrected chi connectivity index (χ4v) is 3.17. The molecule has 2 aromatic heterocycles. The molecule has 1 aromatic carbocycles. The van der Waals surface area contributed by atoms with Gasteiger partial charge in [0, 0.05) is 18.1 Å². The van der Waals surface area contributed by atoms with E-state index in [1.807, 2.05) is 12.1 Å². The molecule has 172 valence electrons. The zero-order valence-electron chi connectivity index (χ0n) is 18.6. The third-order valence-electron chi connectivity index (χ3n) is 5.15. The summed E-state index contributed by atoms with van der Waals surface area (Å²) in [4.78, 5) is 16.8. The van der Waals surface area contributed by atoms with Crippen molar-refractivity contribution in [3.05, 3.63) is 77.6 Å². The van der Waals surface area contributed by atoms with Gasteiger partial charge in [-0.05, 0) is 50.1 Å². The van der Waals surface area contributed by atoms with Crippen LogP contribution in [-0.4, -0.2) is 19.9 Å². The van der Waals surface area contributed by atoms with E-state index in [0.29, 0.717) is 17.1 Å². The minimum atomic E-state index is -4.59. The van der Waals surface area contributed by atoms with Crippen molar-refractivity contribution >= 4 is 5.70 Å². The Bertz CT molecular complexity index is 1300. The largest absolute Gasteiger partial charge is 0.416 e. The maximum absolute atomic E-state index is 13.5. The number of benzene rings is 1. The van der Waals surface area contributed by atoms with Crippen LogP contribution in [0.15, 0.2) is 49.6 Å². The van der Waals surface area contributed by atoms with Crippen LogP contribution >= 0.6 is 0 Å². The molecule has 7 nitrogen and oxygen atoms in total. The number of nitrogens with zero attached hydrogens (tertiary/aromatic N) is 6. The van der Waals surface area contributed by atoms with Gasteiger partial charge in [0.1, 0.15) is 17.5 Å². The Hall–Kier alpha value is -4.31. The van der Waals surface area contributed by atoms with E-state index in [1.54, 1.807) is 20.8 Å². The second-order valence-corrected chi connectivity index (χ2v) is 8.07. The highest BCUT2D eigenvalue weighted by molar-refractivity contribution is 5.65. The van der Waals surface area contributed by atoms with Gasteiger partial charge in [-0.15, -0.1) is 0 Å². The van der Waals surface area contributed by atoms with Crippen molar-refractivity contribution in [2.45, 2.75) is 38.4 Å². The Morgan fingerprint density at radius 1 is 1.00 bits per heavy atom. The molecule has 1 unspecified atom stereocenters. The highest BCUT2D eigenvalue weighted by atomic mass is 19.4. The number of rotatable bonds is 6. The van der Waals surface area contributed by atoms with E-state index < -0.39 is 23.2 Å². The number of aromatic nitrogens is 4. The maximum atomic E-state index is 13.5. The fraction of sp³-hybridized carbons (Fsp3) is 0.250. The smallest absolute Gasteiger partial charge is 0.377 e. The Balaban J connectivity index is 1.96. The molecule has 34 heavy (non-hydrogen) atoms. The van der Waals surface area contributed by atoms with Gasteiger partial charge in [0.05, 0.1) is 41.2 Å². The monoisotopic (exact) mass is 463 g/mol. The van der Waals surface area contributed by atoms with Crippen molar-refractivity contribution in [2.24, 2.45) is 0 Å². The molecule has 10 heteroatoms. The van der Waals surface area contributed by atoms with Crippen molar-refractivity contribution in [2.75, 3.05) is 0 Å². The second kappa shape index (κ2) is 9.28. The molecule has 3 aromatic rings. The quantitative estimate of drug-likeness (QED) is 0.551. The predicted octanol–water partition coefficient (Wildman–Crippen LogP) is 4.95. The zero-order valence-corrected chi connectivity index (χ0v) is 18.6. The molecular weight excluding hydrogens is 443 g/mol. The molecule has 0 spiro atoms. The first-order chi connectivity index (χ1) is 16.0. The molecule has 0 saturated heterocycles. The Labute approximate surface area is 194 Å². The van der Waals surface area contributed by atoms with Crippen LogP contribution in [0.4, 0.5) is 13.2 Å². The molecule has 2 heterocycles. The van der Waals surface area contributed by atoms with Gasteiger partial charge < -0.3 is 5.32 Å². The van der Waals surface area contributed by atoms with E-state index in [1.165, 1.54) is 30.9 Å². The number of hydrogen-bond acceptors (Lipinski definition) is 7. The summed E-state index contributed by atoms with van der Waals surface area (Å²) in [7, 11) is 0. The minimum Gasteiger partial charge on any atom is -0.377 e. The number of halogens is 3. The molecular formula is C24H20F3N7. The molecule has 0 saturated carbocycles. The maximum Gasteiger partial charge on any atom is 0.416 e. The lowest BCUT2D eigenvalue weighted by molar-refractivity contribution is -0.137. The molecule has 0 aliphatic rings. The normalized spacial score (nSPS) is 12.4. The number of nitriles is 2. The van der Waals surface area contributed by atoms with Gasteiger partial charge in [0.25, 0.3) is 0 Å². The molecule has 0 bridgehead atoms. The zero-order chi connectivity index (χ0) is 25.1. The number of hydrogen-bond donors (Lipinski definition) is 1. The SMILES string of the molecule is C=C(NC(C)c1nccnc1-c1cnc(C#N)cn1)c1cc(C(F)(F)F)cc(C(C)(C)C#N)c1. The lowest BCUT2D eigenvalue weighted by atomic mass is 9.84. The van der Waals surface area contributed by atoms with Gasteiger partial charge in [0.15, 0.2) is 5.69 Å². The molecule has 0 fully saturated rings. The van der Waals surface area contributed by atoms with Crippen molar-refractivity contribution < 1.29 is 13.2 Å². The standard InChI is InChI=1S/C24H20F3N7/c1-14(16-7-17(23(3,4)13-29)9-18(8-16)24(25,26)27)34-15(2)21-22(31-6-5-30-21)20-12-32-19(10-28)11-33-20/h5-9,11-12,15,34H,1H2,2-4H3. The average molecular weight is 463 g/mol. The molecule has 0 radical (unpaired) electrons. The van der Waals surface area contributed by atoms with Crippen LogP contribution in [0.2, 0.25) is 0 Å². The molecule has 0 aliphatic carbocycles. The first kappa shape index (κ1) is 24.3. The van der Waals surface area contributed by atoms with Crippen LogP contribution in [0.5, 0.6) is 0 Å². The average Bonchev–Trinajstić information content (AvgIpc) is 2.83. The Morgan fingerprint density at radius 3 is 2.26 bits per heavy atom. The van der Waals surface area contributed by atoms with Crippen LogP contribution in [0.25, 0.3) is 17.1 Å². The van der Waals surface area contributed by atoms with Gasteiger partial charge in [-0.1, -0.05) is 6.58 Å². The fourth-order valence-electron chi connectivity index (χ4n) is 3.17. The summed E-state index contributed by atoms with van der Waals surface area (Å²) in [5.74, 6) is 0. The van der Waals surface area contributed by atoms with E-state index in [4.69, 9.17) is 5.26 Å². The lowest BCUT2D eigenvalue weighted by Crippen LogP contribution is -2.21. The third-order valence-corrected chi connectivity index (χ3v) is 5.15. The summed E-state index contributed by atoms with van der Waals surface area (Å²) in [6, 6.07) is 6.89. The molecule has 1 atom stereocenters. The molecule has 0 amide bonds. The summed E-state index contributed by atoms with van der Waals surface area (Å²) >= 11 is 0. The highest BCUT2D eigenvalue weighted by Crippen LogP contribution is 2.35. The van der Waals surface area contributed by atoms with Crippen LogP contribution in [0, 0.1) is 22.7 Å². The summed E-state index contributed by atoms with van der Waals surface area (Å²) < 4.78 is 40.6. The van der Waals surface area contributed by atoms with Gasteiger partial charge in [-0.3, -0.25) is 9.97 Å². The number of nitrogens with one attached hydrogen (secondary N) is 1. The van der Waals surface area contributed by atoms with Crippen molar-refractivity contribution in [3.63, 3.8) is 0 Å². The number of alkyl halides is 3. The van der Waals surface area contributed by atoms with E-state index in [0.717, 1.165) is 12.1 Å². The van der Waals surface area contributed by atoms with Gasteiger partial charge in [-0.25, -0.2) is 9.97 Å². The topological polar surface area (TPSA) is 111 Å². The third kappa shape index (κ3) is 5.18. The first-order valence-electron chi connectivity index (χ1n) is 10.1. The Kier molecular flexibility index (Phi) is 6.64. The van der Waals surface area contributed by atoms with Gasteiger partial charge in [-0.2, -0.15) is 23.7 Å². The van der Waals surface area contributed by atoms with Crippen molar-refractivity contribution in [3.8, 4) is 23.5 Å². The molecule has 1 N–H and O–H groups in total. The summed E-state index contributed by atoms with van der Waals surface area (Å²) in [5, 5.41) is 21.4. The summed E-state index contributed by atoms with van der Waals surface area (Å²) in [5.41, 5.74) is 0.0479. The van der Waals surface area contributed by atoms with Crippen molar-refractivity contribution in [1.29, 1.82) is 10.5 Å². The predicted molar refractivity (Wildman–Crippen MR) is 118 cm³/mol. The second-order valence-electron chi connectivity index (χ2n) is 8.07. The van der Waals surface area contributed by atoms with Gasteiger partial charge >= 0.3 is 6.18 Å². The van der Waals surface area contributed by atoms with Crippen molar-refractivity contribution in [1.82, 2.24) is 25.3 Å². The molecule has 3 rings (SSSR count). The van der Waals surface area contributed by atoms with Crippen LogP contribution < -0.4 is 5.32 Å². The van der Waals surface area contributed by atoms with E-state index >= 15 is 0 Å². The van der Waals surface area contributed by atoms with E-state index in [9.17, 15) is 18.4 Å². The molecule has 0 aliphatic heterocycles. The highest BCUT2D eigenvalue weighted by Gasteiger charge is 2.33. The summed E-state index contributed by atoms with van der Waals surface area (Å²) in [6.07, 6.45) is 1.08. The lowest BCUT2D eigenvalue weighted by Gasteiger charge is -2.22. The summed E-state index contributed by atoms with van der Waals surface area (Å²) in [6.45, 7) is 8.77. The van der Waals surface area contributed by atoms with Crippen LogP contribution in [0.3, 0.4) is 0 Å². The van der Waals surface area contributed by atoms with Gasteiger partial charge in [0.2, 0.25) is 0 Å². The van der Waals surface area contributed by atoms with Crippen LogP contribution in [0.1, 0.15) is 54.9 Å². The van der Waals surface area contributed by atoms with E-state index in [-0.39, 0.29) is 22.5 Å².